The van der Waals surface area contributed by atoms with Gasteiger partial charge in [-0.25, -0.2) is 0 Å². The highest BCUT2D eigenvalue weighted by molar-refractivity contribution is 9.10. The third kappa shape index (κ3) is 14.7. The van der Waals surface area contributed by atoms with Crippen molar-refractivity contribution in [2.75, 3.05) is 13.1 Å². The lowest BCUT2D eigenvalue weighted by Crippen LogP contribution is -2.58. The summed E-state index contributed by atoms with van der Waals surface area (Å²) < 4.78 is 0.947. The van der Waals surface area contributed by atoms with Crippen LogP contribution in [0.25, 0.3) is 22.3 Å². The Hall–Kier alpha value is -6.26. The molecule has 0 aliphatic heterocycles. The fraction of sp³-hybridized carbons (Fsp3) is 0.286. The van der Waals surface area contributed by atoms with Gasteiger partial charge in [-0.15, -0.1) is 0 Å². The van der Waals surface area contributed by atoms with Crippen LogP contribution in [-0.4, -0.2) is 72.8 Å². The van der Waals surface area contributed by atoms with Crippen molar-refractivity contribution in [1.82, 2.24) is 26.6 Å². The first kappa shape index (κ1) is 44.5. The SMILES string of the molecule is N=C(N)NCCC[C@H](NC(=O)[C@H](Cc1ccc(-c2ccc(Br)cc2)cc1)NC(=O)[C@H](CCCNC(=N)N)NC(=O)[C@@H](N)Cc1ccc(-c2ccccc2)cc1)C(N)=O. The van der Waals surface area contributed by atoms with Crippen molar-refractivity contribution in [1.29, 1.82) is 10.8 Å². The summed E-state index contributed by atoms with van der Waals surface area (Å²) in [5.41, 5.74) is 28.4. The number of halogens is 1. The molecule has 4 rings (SSSR count). The normalized spacial score (nSPS) is 12.9. The zero-order valence-electron chi connectivity index (χ0n) is 32.1. The summed E-state index contributed by atoms with van der Waals surface area (Å²) in [4.78, 5) is 53.9. The zero-order chi connectivity index (χ0) is 42.0. The molecule has 0 spiro atoms. The van der Waals surface area contributed by atoms with E-state index in [2.05, 4.69) is 42.5 Å². The molecule has 0 aromatic heterocycles. The lowest BCUT2D eigenvalue weighted by atomic mass is 9.99. The van der Waals surface area contributed by atoms with Crippen LogP contribution in [0, 0.1) is 10.8 Å². The monoisotopic (exact) mass is 853 g/mol. The van der Waals surface area contributed by atoms with Gasteiger partial charge in [0, 0.05) is 24.0 Å². The maximum Gasteiger partial charge on any atom is 0.243 e. The number of guanidine groups is 2. The Morgan fingerprint density at radius 3 is 1.45 bits per heavy atom. The van der Waals surface area contributed by atoms with Gasteiger partial charge in [-0.1, -0.05) is 107 Å². The molecule has 306 valence electrons. The number of primary amides is 1. The number of hydrogen-bond donors (Lipinski definition) is 11. The molecular formula is C42H52BrN11O4. The van der Waals surface area contributed by atoms with Gasteiger partial charge in [-0.05, 0) is 77.6 Å². The van der Waals surface area contributed by atoms with Gasteiger partial charge in [0.05, 0.1) is 6.04 Å². The Morgan fingerprint density at radius 1 is 0.534 bits per heavy atom. The van der Waals surface area contributed by atoms with Crippen LogP contribution >= 0.6 is 15.9 Å². The molecule has 0 saturated carbocycles. The van der Waals surface area contributed by atoms with Gasteiger partial charge in [0.25, 0.3) is 0 Å². The molecule has 0 radical (unpaired) electrons. The van der Waals surface area contributed by atoms with Crippen molar-refractivity contribution in [2.24, 2.45) is 22.9 Å². The fourth-order valence-corrected chi connectivity index (χ4v) is 6.43. The Morgan fingerprint density at radius 2 is 0.948 bits per heavy atom. The van der Waals surface area contributed by atoms with E-state index >= 15 is 0 Å². The molecule has 0 fully saturated rings. The molecule has 4 aromatic carbocycles. The summed E-state index contributed by atoms with van der Waals surface area (Å²) in [5.74, 6) is -3.12. The van der Waals surface area contributed by atoms with Crippen molar-refractivity contribution in [3.05, 3.63) is 119 Å². The van der Waals surface area contributed by atoms with Gasteiger partial charge in [-0.2, -0.15) is 0 Å². The van der Waals surface area contributed by atoms with Crippen molar-refractivity contribution < 1.29 is 19.2 Å². The second-order valence-corrected chi connectivity index (χ2v) is 14.7. The van der Waals surface area contributed by atoms with Crippen LogP contribution in [0.2, 0.25) is 0 Å². The van der Waals surface area contributed by atoms with E-state index in [1.807, 2.05) is 103 Å². The molecule has 4 atom stereocenters. The highest BCUT2D eigenvalue weighted by atomic mass is 79.9. The van der Waals surface area contributed by atoms with Crippen molar-refractivity contribution in [3.63, 3.8) is 0 Å². The number of carbonyl (C=O) groups excluding carboxylic acids is 4. The number of rotatable bonds is 21. The molecule has 4 aromatic rings. The van der Waals surface area contributed by atoms with Crippen LogP contribution in [0.4, 0.5) is 0 Å². The zero-order valence-corrected chi connectivity index (χ0v) is 33.7. The van der Waals surface area contributed by atoms with Crippen molar-refractivity contribution in [3.8, 4) is 22.3 Å². The quantitative estimate of drug-likeness (QED) is 0.0333. The predicted molar refractivity (Wildman–Crippen MR) is 230 cm³/mol. The minimum Gasteiger partial charge on any atom is -0.370 e. The summed E-state index contributed by atoms with van der Waals surface area (Å²) in [6, 6.07) is 28.6. The summed E-state index contributed by atoms with van der Waals surface area (Å²) in [6.45, 7) is 0.531. The Kier molecular flexibility index (Phi) is 17.2. The Labute approximate surface area is 346 Å². The lowest BCUT2D eigenvalue weighted by Gasteiger charge is -2.26. The van der Waals surface area contributed by atoms with Crippen molar-refractivity contribution >= 4 is 51.5 Å². The summed E-state index contributed by atoms with van der Waals surface area (Å²) in [5, 5.41) is 28.4. The van der Waals surface area contributed by atoms with Crippen molar-refractivity contribution in [2.45, 2.75) is 62.7 Å². The van der Waals surface area contributed by atoms with Crippen LogP contribution < -0.4 is 49.5 Å². The Bertz CT molecular complexity index is 2000. The number of nitrogens with two attached hydrogens (primary N) is 4. The average molecular weight is 855 g/mol. The number of amides is 4. The molecule has 0 bridgehead atoms. The van der Waals surface area contributed by atoms with Crippen LogP contribution in [0.5, 0.6) is 0 Å². The van der Waals surface area contributed by atoms with E-state index in [0.717, 1.165) is 32.3 Å². The molecule has 15 nitrogen and oxygen atoms in total. The molecule has 16 heteroatoms. The van der Waals surface area contributed by atoms with Crippen LogP contribution in [-0.2, 0) is 32.0 Å². The molecule has 0 unspecified atom stereocenters. The highest BCUT2D eigenvalue weighted by Gasteiger charge is 2.30. The number of benzene rings is 4. The highest BCUT2D eigenvalue weighted by Crippen LogP contribution is 2.23. The third-order valence-electron chi connectivity index (χ3n) is 9.32. The smallest absolute Gasteiger partial charge is 0.243 e. The summed E-state index contributed by atoms with van der Waals surface area (Å²) in [7, 11) is 0. The number of carbonyl (C=O) groups is 4. The van der Waals surface area contributed by atoms with Gasteiger partial charge in [0.1, 0.15) is 18.1 Å². The van der Waals surface area contributed by atoms with Gasteiger partial charge in [0.15, 0.2) is 11.9 Å². The van der Waals surface area contributed by atoms with Crippen LogP contribution in [0.1, 0.15) is 36.8 Å². The molecule has 58 heavy (non-hydrogen) atoms. The molecular weight excluding hydrogens is 802 g/mol. The van der Waals surface area contributed by atoms with Gasteiger partial charge in [-0.3, -0.25) is 30.0 Å². The minimum absolute atomic E-state index is 0.0423. The Balaban J connectivity index is 1.52. The molecule has 0 aliphatic carbocycles. The molecule has 4 amide bonds. The minimum atomic E-state index is -1.19. The summed E-state index contributed by atoms with van der Waals surface area (Å²) >= 11 is 3.45. The standard InChI is InChI=1S/C42H52BrN11O4/c43-32-20-18-31(19-21-32)30-16-12-27(13-17-30)25-36(40(58)52-34(37(45)55)8-4-22-50-41(46)47)54-39(57)35(9-5-23-51-42(48)49)53-38(56)33(44)24-26-10-14-29(15-11-26)28-6-2-1-3-7-28/h1-3,6-7,10-21,33-36H,4-5,8-9,22-25,44H2,(H2,45,55)(H,52,58)(H,53,56)(H,54,57)(H4,46,47,50)(H4,48,49,51)/t33-,34-,35-,36-/m0/s1. The first-order chi connectivity index (χ1) is 27.8. The van der Waals surface area contributed by atoms with E-state index in [0.29, 0.717) is 18.4 Å². The third-order valence-corrected chi connectivity index (χ3v) is 9.85. The number of nitrogens with one attached hydrogen (secondary N) is 7. The summed E-state index contributed by atoms with van der Waals surface area (Å²) in [6.07, 6.45) is 1.22. The van der Waals surface area contributed by atoms with E-state index in [9.17, 15) is 19.2 Å². The molecule has 15 N–H and O–H groups in total. The fourth-order valence-electron chi connectivity index (χ4n) is 6.17. The van der Waals surface area contributed by atoms with E-state index in [1.165, 1.54) is 0 Å². The van der Waals surface area contributed by atoms with Crippen LogP contribution in [0.3, 0.4) is 0 Å². The van der Waals surface area contributed by atoms with Gasteiger partial charge >= 0.3 is 0 Å². The molecule has 0 heterocycles. The van der Waals surface area contributed by atoms with Gasteiger partial charge < -0.3 is 49.5 Å². The predicted octanol–water partition coefficient (Wildman–Crippen LogP) is 2.36. The molecule has 0 aliphatic rings. The number of hydrogen-bond acceptors (Lipinski definition) is 7. The van der Waals surface area contributed by atoms with E-state index < -0.39 is 47.8 Å². The van der Waals surface area contributed by atoms with Crippen LogP contribution in [0.15, 0.2) is 108 Å². The largest absolute Gasteiger partial charge is 0.370 e. The first-order valence-corrected chi connectivity index (χ1v) is 19.7. The van der Waals surface area contributed by atoms with Gasteiger partial charge in [0.2, 0.25) is 23.6 Å². The maximum atomic E-state index is 14.1. The topological polar surface area (TPSA) is 280 Å². The first-order valence-electron chi connectivity index (χ1n) is 18.9. The molecule has 0 saturated heterocycles. The lowest BCUT2D eigenvalue weighted by molar-refractivity contribution is -0.133. The van der Waals surface area contributed by atoms with E-state index in [4.69, 9.17) is 33.8 Å². The van der Waals surface area contributed by atoms with E-state index in [1.54, 1.807) is 0 Å². The average Bonchev–Trinajstić information content (AvgIpc) is 3.20. The second-order valence-electron chi connectivity index (χ2n) is 13.8. The van der Waals surface area contributed by atoms with E-state index in [-0.39, 0.29) is 50.7 Å². The maximum absolute atomic E-state index is 14.1. The second kappa shape index (κ2) is 22.5.